The van der Waals surface area contributed by atoms with Crippen LogP contribution < -0.4 is 11.1 Å². The molecule has 0 radical (unpaired) electrons. The van der Waals surface area contributed by atoms with Crippen LogP contribution in [0.3, 0.4) is 0 Å². The Morgan fingerprint density at radius 2 is 2.47 bits per heavy atom. The van der Waals surface area contributed by atoms with Gasteiger partial charge in [-0.1, -0.05) is 12.1 Å². The zero-order chi connectivity index (χ0) is 11.1. The number of rotatable bonds is 6. The molecule has 0 unspecified atom stereocenters. The van der Waals surface area contributed by atoms with E-state index in [-0.39, 0.29) is 5.91 Å². The number of nitrogens with one attached hydrogen (secondary N) is 1. The summed E-state index contributed by atoms with van der Waals surface area (Å²) in [7, 11) is 0. The highest BCUT2D eigenvalue weighted by atomic mass is 16.2. The van der Waals surface area contributed by atoms with Gasteiger partial charge in [0.05, 0.1) is 12.2 Å². The van der Waals surface area contributed by atoms with E-state index in [1.165, 1.54) is 0 Å². The predicted octanol–water partition coefficient (Wildman–Crippen LogP) is -0.478. The topological polar surface area (TPSA) is 85.8 Å². The van der Waals surface area contributed by atoms with E-state index in [1.54, 1.807) is 17.1 Å². The predicted molar refractivity (Wildman–Crippen MR) is 55.9 cm³/mol. The van der Waals surface area contributed by atoms with Gasteiger partial charge in [-0.3, -0.25) is 9.48 Å². The molecule has 15 heavy (non-hydrogen) atoms. The number of hydrogen-bond acceptors (Lipinski definition) is 4. The van der Waals surface area contributed by atoms with Crippen molar-refractivity contribution in [3.63, 3.8) is 0 Å². The summed E-state index contributed by atoms with van der Waals surface area (Å²) in [6.45, 7) is 3.26. The molecule has 1 amide bonds. The van der Waals surface area contributed by atoms with Gasteiger partial charge < -0.3 is 11.1 Å². The van der Waals surface area contributed by atoms with E-state index in [1.807, 2.05) is 6.92 Å². The first-order chi connectivity index (χ1) is 7.24. The van der Waals surface area contributed by atoms with Crippen molar-refractivity contribution in [2.24, 2.45) is 5.73 Å². The van der Waals surface area contributed by atoms with E-state index < -0.39 is 6.04 Å². The van der Waals surface area contributed by atoms with Crippen molar-refractivity contribution in [2.75, 3.05) is 6.54 Å². The summed E-state index contributed by atoms with van der Waals surface area (Å²) in [5.41, 5.74) is 5.55. The lowest BCUT2D eigenvalue weighted by Crippen LogP contribution is -2.40. The number of aromatic nitrogens is 3. The first-order valence-corrected chi connectivity index (χ1v) is 5.11. The number of amides is 1. The Balaban J connectivity index is 2.09. The molecule has 1 atom stereocenters. The van der Waals surface area contributed by atoms with Crippen molar-refractivity contribution >= 4 is 5.91 Å². The largest absolute Gasteiger partial charge is 0.355 e. The Bertz CT molecular complexity index is 285. The number of aryl methyl sites for hydroxylation is 1. The van der Waals surface area contributed by atoms with E-state index in [4.69, 9.17) is 5.73 Å². The molecule has 1 rings (SSSR count). The summed E-state index contributed by atoms with van der Waals surface area (Å²) in [5.74, 6) is -0.0870. The number of nitrogens with two attached hydrogens (primary N) is 1. The first kappa shape index (κ1) is 11.6. The Labute approximate surface area is 88.8 Å². The van der Waals surface area contributed by atoms with Crippen LogP contribution in [0.2, 0.25) is 0 Å². The number of hydrogen-bond donors (Lipinski definition) is 2. The highest BCUT2D eigenvalue weighted by Gasteiger charge is 2.08. The minimum atomic E-state index is -0.392. The minimum Gasteiger partial charge on any atom is -0.355 e. The Hall–Kier alpha value is -1.43. The highest BCUT2D eigenvalue weighted by Crippen LogP contribution is 1.88. The second-order valence-corrected chi connectivity index (χ2v) is 3.33. The Kier molecular flexibility index (Phi) is 4.76. The molecule has 84 valence electrons. The van der Waals surface area contributed by atoms with E-state index in [9.17, 15) is 4.79 Å². The molecule has 3 N–H and O–H groups in total. The summed E-state index contributed by atoms with van der Waals surface area (Å²) in [5, 5.41) is 10.3. The van der Waals surface area contributed by atoms with E-state index >= 15 is 0 Å². The van der Waals surface area contributed by atoms with Crippen molar-refractivity contribution < 1.29 is 4.79 Å². The molecule has 0 aromatic carbocycles. The van der Waals surface area contributed by atoms with Crippen LogP contribution in [0.15, 0.2) is 12.4 Å². The fourth-order valence-electron chi connectivity index (χ4n) is 1.12. The molecule has 0 fully saturated rings. The monoisotopic (exact) mass is 211 g/mol. The molecule has 0 aliphatic heterocycles. The SMILES string of the molecule is CC[C@H](N)C(=O)NCCCn1ccnn1. The molecule has 6 heteroatoms. The molecule has 6 nitrogen and oxygen atoms in total. The number of nitrogens with zero attached hydrogens (tertiary/aromatic N) is 3. The molecule has 1 aromatic heterocycles. The van der Waals surface area contributed by atoms with Crippen LogP contribution in [0.5, 0.6) is 0 Å². The fraction of sp³-hybridized carbons (Fsp3) is 0.667. The molecular weight excluding hydrogens is 194 g/mol. The second-order valence-electron chi connectivity index (χ2n) is 3.33. The molecule has 0 saturated carbocycles. The third kappa shape index (κ3) is 4.07. The Morgan fingerprint density at radius 3 is 3.07 bits per heavy atom. The molecule has 1 heterocycles. The summed E-state index contributed by atoms with van der Waals surface area (Å²) in [6, 6.07) is -0.392. The highest BCUT2D eigenvalue weighted by molar-refractivity contribution is 5.81. The fourth-order valence-corrected chi connectivity index (χ4v) is 1.12. The average molecular weight is 211 g/mol. The van der Waals surface area contributed by atoms with Gasteiger partial charge in [0.1, 0.15) is 0 Å². The molecule has 0 saturated heterocycles. The standard InChI is InChI=1S/C9H17N5O/c1-2-8(10)9(15)11-4-3-6-14-7-5-12-13-14/h5,7-8H,2-4,6,10H2,1H3,(H,11,15)/t8-/m0/s1. The maximum absolute atomic E-state index is 11.3. The smallest absolute Gasteiger partial charge is 0.236 e. The van der Waals surface area contributed by atoms with Gasteiger partial charge in [0.15, 0.2) is 0 Å². The lowest BCUT2D eigenvalue weighted by molar-refractivity contribution is -0.122. The summed E-state index contributed by atoms with van der Waals surface area (Å²) >= 11 is 0. The lowest BCUT2D eigenvalue weighted by Gasteiger charge is -2.09. The maximum Gasteiger partial charge on any atom is 0.236 e. The van der Waals surface area contributed by atoms with E-state index in [0.29, 0.717) is 13.0 Å². The molecule has 0 bridgehead atoms. The molecular formula is C9H17N5O. The van der Waals surface area contributed by atoms with E-state index in [0.717, 1.165) is 13.0 Å². The summed E-state index contributed by atoms with van der Waals surface area (Å²) in [6.07, 6.45) is 4.91. The number of carbonyl (C=O) groups excluding carboxylic acids is 1. The average Bonchev–Trinajstić information content (AvgIpc) is 2.75. The van der Waals surface area contributed by atoms with Crippen molar-refractivity contribution in [1.29, 1.82) is 0 Å². The van der Waals surface area contributed by atoms with Crippen LogP contribution in [0, 0.1) is 0 Å². The quantitative estimate of drug-likeness (QED) is 0.622. The zero-order valence-electron chi connectivity index (χ0n) is 8.89. The van der Waals surface area contributed by atoms with Crippen molar-refractivity contribution in [3.8, 4) is 0 Å². The van der Waals surface area contributed by atoms with Crippen molar-refractivity contribution in [1.82, 2.24) is 20.3 Å². The maximum atomic E-state index is 11.3. The second kappa shape index (κ2) is 6.13. The van der Waals surface area contributed by atoms with Crippen LogP contribution in [0.1, 0.15) is 19.8 Å². The molecule has 0 aliphatic carbocycles. The third-order valence-electron chi connectivity index (χ3n) is 2.11. The van der Waals surface area contributed by atoms with Gasteiger partial charge in [-0.2, -0.15) is 0 Å². The molecule has 0 spiro atoms. The van der Waals surface area contributed by atoms with Gasteiger partial charge in [0, 0.05) is 19.3 Å². The summed E-state index contributed by atoms with van der Waals surface area (Å²) in [4.78, 5) is 11.3. The molecule has 0 aliphatic rings. The Morgan fingerprint density at radius 1 is 1.67 bits per heavy atom. The van der Waals surface area contributed by atoms with Crippen LogP contribution in [-0.2, 0) is 11.3 Å². The van der Waals surface area contributed by atoms with Gasteiger partial charge in [-0.15, -0.1) is 5.10 Å². The lowest BCUT2D eigenvalue weighted by atomic mass is 10.2. The van der Waals surface area contributed by atoms with Gasteiger partial charge in [0.25, 0.3) is 0 Å². The van der Waals surface area contributed by atoms with Gasteiger partial charge in [-0.05, 0) is 12.8 Å². The summed E-state index contributed by atoms with van der Waals surface area (Å²) < 4.78 is 1.73. The van der Waals surface area contributed by atoms with Crippen LogP contribution >= 0.6 is 0 Å². The van der Waals surface area contributed by atoms with Crippen LogP contribution in [-0.4, -0.2) is 33.5 Å². The van der Waals surface area contributed by atoms with Gasteiger partial charge in [0.2, 0.25) is 5.91 Å². The normalized spacial score (nSPS) is 12.4. The zero-order valence-corrected chi connectivity index (χ0v) is 8.89. The number of carbonyl (C=O) groups is 1. The van der Waals surface area contributed by atoms with Gasteiger partial charge >= 0.3 is 0 Å². The van der Waals surface area contributed by atoms with Crippen LogP contribution in [0.25, 0.3) is 0 Å². The van der Waals surface area contributed by atoms with Crippen LogP contribution in [0.4, 0.5) is 0 Å². The van der Waals surface area contributed by atoms with Crippen molar-refractivity contribution in [2.45, 2.75) is 32.4 Å². The minimum absolute atomic E-state index is 0.0870. The van der Waals surface area contributed by atoms with Crippen molar-refractivity contribution in [3.05, 3.63) is 12.4 Å². The third-order valence-corrected chi connectivity index (χ3v) is 2.11. The van der Waals surface area contributed by atoms with Gasteiger partial charge in [-0.25, -0.2) is 0 Å². The first-order valence-electron chi connectivity index (χ1n) is 5.11. The molecule has 1 aromatic rings. The van der Waals surface area contributed by atoms with E-state index in [2.05, 4.69) is 15.6 Å².